The fourth-order valence-corrected chi connectivity index (χ4v) is 5.04. The van der Waals surface area contributed by atoms with Crippen LogP contribution in [0, 0.1) is 0 Å². The Hall–Kier alpha value is -3.83. The molecule has 1 spiro atoms. The van der Waals surface area contributed by atoms with Crippen LogP contribution in [0.15, 0.2) is 48.8 Å². The first kappa shape index (κ1) is 26.2. The fraction of sp³-hybridized carbons (Fsp3) is 0.440. The number of carbonyl (C=O) groups is 3. The molecule has 3 heterocycles. The van der Waals surface area contributed by atoms with Gasteiger partial charge in [-0.3, -0.25) is 19.5 Å². The molecule has 9 nitrogen and oxygen atoms in total. The number of amides is 3. The van der Waals surface area contributed by atoms with Gasteiger partial charge in [0.2, 0.25) is 5.91 Å². The summed E-state index contributed by atoms with van der Waals surface area (Å²) in [7, 11) is 0. The van der Waals surface area contributed by atoms with E-state index in [1.54, 1.807) is 48.4 Å². The predicted octanol–water partition coefficient (Wildman–Crippen LogP) is 2.80. The van der Waals surface area contributed by atoms with Gasteiger partial charge in [0, 0.05) is 29.7 Å². The number of halogens is 3. The maximum Gasteiger partial charge on any atom is 0.405 e. The summed E-state index contributed by atoms with van der Waals surface area (Å²) >= 11 is 0. The number of nitrogens with zero attached hydrogens (tertiary/aromatic N) is 4. The van der Waals surface area contributed by atoms with E-state index in [2.05, 4.69) is 16.8 Å². The maximum absolute atomic E-state index is 13.7. The Morgan fingerprint density at radius 1 is 1.30 bits per heavy atom. The van der Waals surface area contributed by atoms with Crippen LogP contribution in [0.4, 0.5) is 13.2 Å². The Bertz CT molecular complexity index is 1250. The third-order valence-corrected chi connectivity index (χ3v) is 7.16. The molecule has 2 fully saturated rings. The molecule has 0 radical (unpaired) electrons. The van der Waals surface area contributed by atoms with Crippen LogP contribution in [0.25, 0.3) is 10.9 Å². The van der Waals surface area contributed by atoms with Gasteiger partial charge in [-0.15, -0.1) is 0 Å². The summed E-state index contributed by atoms with van der Waals surface area (Å²) in [6.07, 6.45) is 1.07. The van der Waals surface area contributed by atoms with Crippen LogP contribution < -0.4 is 5.32 Å². The average molecular weight is 519 g/mol. The van der Waals surface area contributed by atoms with Crippen molar-refractivity contribution in [2.45, 2.75) is 44.4 Å². The molecule has 1 aromatic carbocycles. The highest BCUT2D eigenvalue weighted by Crippen LogP contribution is 2.40. The number of fused-ring (bicyclic) bond motifs is 1. The third-order valence-electron chi connectivity index (χ3n) is 7.16. The minimum Gasteiger partial charge on any atom is -0.345 e. The van der Waals surface area contributed by atoms with E-state index in [1.807, 2.05) is 10.2 Å². The van der Waals surface area contributed by atoms with Gasteiger partial charge in [-0.2, -0.15) is 18.3 Å². The topological polar surface area (TPSA) is 102 Å². The Labute approximate surface area is 211 Å². The molecule has 2 aromatic rings. The fourth-order valence-electron chi connectivity index (χ4n) is 5.04. The molecule has 2 saturated heterocycles. The van der Waals surface area contributed by atoms with Gasteiger partial charge in [0.15, 0.2) is 0 Å². The minimum absolute atomic E-state index is 0.0240. The second kappa shape index (κ2) is 9.91. The summed E-state index contributed by atoms with van der Waals surface area (Å²) in [5, 5.41) is 9.50. The number of H-pyrrole nitrogens is 1. The Balaban J connectivity index is 1.53. The number of rotatable bonds is 6. The molecule has 1 aromatic heterocycles. The van der Waals surface area contributed by atoms with Gasteiger partial charge in [0.05, 0.1) is 18.4 Å². The highest BCUT2D eigenvalue weighted by atomic mass is 19.4. The molecule has 0 bridgehead atoms. The van der Waals surface area contributed by atoms with Crippen LogP contribution in [0.5, 0.6) is 0 Å². The summed E-state index contributed by atoms with van der Waals surface area (Å²) in [5.41, 5.74) is 0.957. The number of hydrogen-bond acceptors (Lipinski definition) is 5. The summed E-state index contributed by atoms with van der Waals surface area (Å²) in [6, 6.07) is 4.16. The van der Waals surface area contributed by atoms with Crippen molar-refractivity contribution in [1.82, 2.24) is 30.2 Å². The minimum atomic E-state index is -4.56. The zero-order chi connectivity index (χ0) is 27.0. The van der Waals surface area contributed by atoms with Gasteiger partial charge in [-0.05, 0) is 51.0 Å². The van der Waals surface area contributed by atoms with Gasteiger partial charge < -0.3 is 20.0 Å². The van der Waals surface area contributed by atoms with E-state index >= 15 is 0 Å². The lowest BCUT2D eigenvalue weighted by Gasteiger charge is -2.43. The summed E-state index contributed by atoms with van der Waals surface area (Å²) in [5.74, 6) is -1.40. The SMILES string of the molecule is C=C/C(=C\C)N1CN(C(C)C(=O)NCC(F)(F)F)C(=O)C12CCN(C(=O)c1ccc3[nH]ncc3c1)CC2. The Kier molecular flexibility index (Phi) is 7.03. The first-order chi connectivity index (χ1) is 17.5. The molecule has 12 heteroatoms. The summed E-state index contributed by atoms with van der Waals surface area (Å²) in [4.78, 5) is 44.2. The van der Waals surface area contributed by atoms with Crippen molar-refractivity contribution < 1.29 is 27.6 Å². The number of aromatic amines is 1. The molecular formula is C25H29F3N6O3. The molecule has 1 unspecified atom stereocenters. The smallest absolute Gasteiger partial charge is 0.345 e. The van der Waals surface area contributed by atoms with Gasteiger partial charge in [-0.1, -0.05) is 12.7 Å². The first-order valence-electron chi connectivity index (χ1n) is 11.9. The van der Waals surface area contributed by atoms with E-state index in [-0.39, 0.29) is 18.5 Å². The van der Waals surface area contributed by atoms with Crippen LogP contribution in [-0.4, -0.2) is 86.7 Å². The van der Waals surface area contributed by atoms with E-state index < -0.39 is 30.2 Å². The van der Waals surface area contributed by atoms with Crippen LogP contribution in [0.3, 0.4) is 0 Å². The molecular weight excluding hydrogens is 489 g/mol. The van der Waals surface area contributed by atoms with Gasteiger partial charge in [-0.25, -0.2) is 0 Å². The highest BCUT2D eigenvalue weighted by molar-refractivity contribution is 5.98. The summed E-state index contributed by atoms with van der Waals surface area (Å²) in [6.45, 7) is 6.17. The summed E-state index contributed by atoms with van der Waals surface area (Å²) < 4.78 is 37.8. The zero-order valence-electron chi connectivity index (χ0n) is 20.6. The predicted molar refractivity (Wildman–Crippen MR) is 130 cm³/mol. The van der Waals surface area contributed by atoms with Crippen LogP contribution in [-0.2, 0) is 9.59 Å². The number of benzene rings is 1. The van der Waals surface area contributed by atoms with E-state index in [9.17, 15) is 27.6 Å². The maximum atomic E-state index is 13.7. The molecule has 1 atom stereocenters. The molecule has 2 aliphatic heterocycles. The molecule has 0 aliphatic carbocycles. The number of likely N-dealkylation sites (tertiary alicyclic amines) is 1. The number of allylic oxidation sites excluding steroid dienone is 2. The molecule has 2 N–H and O–H groups in total. The van der Waals surface area contributed by atoms with E-state index in [1.165, 1.54) is 11.8 Å². The molecule has 4 rings (SSSR count). The van der Waals surface area contributed by atoms with Crippen molar-refractivity contribution in [3.63, 3.8) is 0 Å². The Morgan fingerprint density at radius 2 is 2.00 bits per heavy atom. The highest BCUT2D eigenvalue weighted by Gasteiger charge is 2.56. The number of carbonyl (C=O) groups excluding carboxylic acids is 3. The molecule has 3 amide bonds. The largest absolute Gasteiger partial charge is 0.405 e. The van der Waals surface area contributed by atoms with E-state index in [0.717, 1.165) is 10.9 Å². The number of hydrogen-bond donors (Lipinski definition) is 2. The molecule has 2 aliphatic rings. The van der Waals surface area contributed by atoms with E-state index in [0.29, 0.717) is 37.2 Å². The number of aromatic nitrogens is 2. The van der Waals surface area contributed by atoms with Crippen molar-refractivity contribution in [2.75, 3.05) is 26.3 Å². The second-order valence-corrected chi connectivity index (χ2v) is 9.27. The van der Waals surface area contributed by atoms with Gasteiger partial charge in [0.25, 0.3) is 11.8 Å². The number of nitrogens with one attached hydrogen (secondary N) is 2. The van der Waals surface area contributed by atoms with Gasteiger partial charge in [0.1, 0.15) is 18.1 Å². The monoisotopic (exact) mass is 518 g/mol. The van der Waals surface area contributed by atoms with Gasteiger partial charge >= 0.3 is 6.18 Å². The van der Waals surface area contributed by atoms with Crippen LogP contribution in [0.1, 0.15) is 37.0 Å². The zero-order valence-corrected chi connectivity index (χ0v) is 20.6. The molecule has 0 saturated carbocycles. The number of alkyl halides is 3. The van der Waals surface area contributed by atoms with Crippen molar-refractivity contribution in [3.05, 3.63) is 54.4 Å². The van der Waals surface area contributed by atoms with Crippen molar-refractivity contribution in [1.29, 1.82) is 0 Å². The Morgan fingerprint density at radius 3 is 2.62 bits per heavy atom. The second-order valence-electron chi connectivity index (χ2n) is 9.27. The normalized spacial score (nSPS) is 19.0. The lowest BCUT2D eigenvalue weighted by atomic mass is 9.85. The van der Waals surface area contributed by atoms with Crippen molar-refractivity contribution in [2.24, 2.45) is 0 Å². The molecule has 37 heavy (non-hydrogen) atoms. The van der Waals surface area contributed by atoms with Crippen LogP contribution >= 0.6 is 0 Å². The first-order valence-corrected chi connectivity index (χ1v) is 11.9. The average Bonchev–Trinajstić information content (AvgIpc) is 3.46. The van der Waals surface area contributed by atoms with Crippen molar-refractivity contribution in [3.8, 4) is 0 Å². The van der Waals surface area contributed by atoms with Crippen molar-refractivity contribution >= 4 is 28.6 Å². The van der Waals surface area contributed by atoms with E-state index in [4.69, 9.17) is 0 Å². The van der Waals surface area contributed by atoms with Crippen LogP contribution in [0.2, 0.25) is 0 Å². The lowest BCUT2D eigenvalue weighted by Crippen LogP contribution is -2.57. The lowest BCUT2D eigenvalue weighted by molar-refractivity contribution is -0.145. The standard InChI is InChI=1S/C25H29F3N6O3/c1-4-19(5-2)34-15-33(16(3)21(35)29-14-25(26,27)28)23(37)24(34)8-10-32(11-9-24)22(36)17-6-7-20-18(12-17)13-30-31-20/h4-7,12-13,16H,1,8-11,14-15H2,2-3H3,(H,29,35)(H,30,31)/b19-5+. The number of piperidine rings is 1. The molecule has 198 valence electrons. The quantitative estimate of drug-likeness (QED) is 0.573. The third kappa shape index (κ3) is 4.92.